The molecule has 0 aliphatic heterocycles. The molecule has 5 heteroatoms. The van der Waals surface area contributed by atoms with Gasteiger partial charge in [-0.15, -0.1) is 0 Å². The van der Waals surface area contributed by atoms with Gasteiger partial charge in [0.05, 0.1) is 14.2 Å². The van der Waals surface area contributed by atoms with Crippen LogP contribution < -0.4 is 14.8 Å². The van der Waals surface area contributed by atoms with Gasteiger partial charge in [-0.1, -0.05) is 22.9 Å². The number of aliphatic hydroxyl groups is 1. The summed E-state index contributed by atoms with van der Waals surface area (Å²) in [6.07, 6.45) is 2.10. The second-order valence-corrected chi connectivity index (χ2v) is 5.76. The van der Waals surface area contributed by atoms with Gasteiger partial charge in [-0.2, -0.15) is 0 Å². The highest BCUT2D eigenvalue weighted by molar-refractivity contribution is 9.10. The minimum absolute atomic E-state index is 0.265. The molecule has 4 nitrogen and oxygen atoms in total. The predicted molar refractivity (Wildman–Crippen MR) is 84.4 cm³/mol. The Morgan fingerprint density at radius 1 is 1.25 bits per heavy atom. The molecule has 0 aromatic heterocycles. The van der Waals surface area contributed by atoms with E-state index < -0.39 is 0 Å². The van der Waals surface area contributed by atoms with Gasteiger partial charge in [0, 0.05) is 17.6 Å². The Kier molecular flexibility index (Phi) is 7.95. The molecule has 0 bridgehead atoms. The minimum atomic E-state index is 0.265. The molecule has 0 saturated heterocycles. The van der Waals surface area contributed by atoms with Crippen LogP contribution in [0.1, 0.15) is 25.3 Å². The van der Waals surface area contributed by atoms with Crippen molar-refractivity contribution in [1.82, 2.24) is 5.32 Å². The van der Waals surface area contributed by atoms with Gasteiger partial charge in [0.15, 0.2) is 11.5 Å². The molecule has 1 aromatic rings. The molecule has 114 valence electrons. The fourth-order valence-electron chi connectivity index (χ4n) is 1.92. The molecule has 20 heavy (non-hydrogen) atoms. The van der Waals surface area contributed by atoms with Crippen molar-refractivity contribution in [1.29, 1.82) is 0 Å². The highest BCUT2D eigenvalue weighted by atomic mass is 79.9. The quantitative estimate of drug-likeness (QED) is 0.675. The van der Waals surface area contributed by atoms with Crippen LogP contribution in [0.5, 0.6) is 11.5 Å². The van der Waals surface area contributed by atoms with Crippen LogP contribution >= 0.6 is 15.9 Å². The Morgan fingerprint density at radius 3 is 2.50 bits per heavy atom. The van der Waals surface area contributed by atoms with E-state index in [1.54, 1.807) is 14.2 Å². The first kappa shape index (κ1) is 17.3. The monoisotopic (exact) mass is 345 g/mol. The van der Waals surface area contributed by atoms with Crippen LogP contribution in [0.15, 0.2) is 16.6 Å². The van der Waals surface area contributed by atoms with Crippen LogP contribution in [0.2, 0.25) is 0 Å². The first-order valence-electron chi connectivity index (χ1n) is 6.84. The Labute approximate surface area is 129 Å². The number of halogens is 1. The van der Waals surface area contributed by atoms with Crippen molar-refractivity contribution in [3.8, 4) is 11.5 Å². The van der Waals surface area contributed by atoms with Crippen LogP contribution in [-0.4, -0.2) is 32.5 Å². The molecule has 0 aliphatic carbocycles. The summed E-state index contributed by atoms with van der Waals surface area (Å²) in [5, 5.41) is 12.4. The average molecular weight is 346 g/mol. The van der Waals surface area contributed by atoms with E-state index in [1.807, 2.05) is 12.1 Å². The third kappa shape index (κ3) is 5.31. The number of hydrogen-bond donors (Lipinski definition) is 2. The largest absolute Gasteiger partial charge is 0.493 e. The molecule has 0 fully saturated rings. The lowest BCUT2D eigenvalue weighted by Gasteiger charge is -2.13. The Hall–Kier alpha value is -0.780. The number of hydrogen-bond acceptors (Lipinski definition) is 4. The number of benzene rings is 1. The van der Waals surface area contributed by atoms with Crippen molar-refractivity contribution in [3.05, 3.63) is 22.2 Å². The highest BCUT2D eigenvalue weighted by Crippen LogP contribution is 2.33. The number of rotatable bonds is 9. The molecule has 0 spiro atoms. The van der Waals surface area contributed by atoms with E-state index in [4.69, 9.17) is 14.6 Å². The summed E-state index contributed by atoms with van der Waals surface area (Å²) < 4.78 is 11.6. The molecule has 1 aromatic carbocycles. The molecule has 0 heterocycles. The normalized spacial score (nSPS) is 12.2. The van der Waals surface area contributed by atoms with Crippen LogP contribution in [-0.2, 0) is 6.54 Å². The van der Waals surface area contributed by atoms with E-state index in [-0.39, 0.29) is 6.61 Å². The van der Waals surface area contributed by atoms with Crippen molar-refractivity contribution < 1.29 is 14.6 Å². The SMILES string of the molecule is COc1cc(Br)c(CNCCCC(C)CO)cc1OC. The van der Waals surface area contributed by atoms with Crippen molar-refractivity contribution in [2.75, 3.05) is 27.4 Å². The van der Waals surface area contributed by atoms with Crippen LogP contribution in [0.4, 0.5) is 0 Å². The van der Waals surface area contributed by atoms with E-state index in [2.05, 4.69) is 28.2 Å². The third-order valence-electron chi connectivity index (χ3n) is 3.23. The summed E-state index contributed by atoms with van der Waals surface area (Å²) in [5.41, 5.74) is 1.14. The Balaban J connectivity index is 2.47. The van der Waals surface area contributed by atoms with E-state index in [0.717, 1.165) is 47.5 Å². The van der Waals surface area contributed by atoms with Gasteiger partial charge in [-0.3, -0.25) is 0 Å². The van der Waals surface area contributed by atoms with Crippen molar-refractivity contribution >= 4 is 15.9 Å². The molecule has 0 saturated carbocycles. The third-order valence-corrected chi connectivity index (χ3v) is 3.97. The molecule has 2 N–H and O–H groups in total. The van der Waals surface area contributed by atoms with Gasteiger partial charge >= 0.3 is 0 Å². The van der Waals surface area contributed by atoms with E-state index in [1.165, 1.54) is 0 Å². The Bertz CT molecular complexity index is 412. The van der Waals surface area contributed by atoms with Crippen LogP contribution in [0, 0.1) is 5.92 Å². The van der Waals surface area contributed by atoms with Gasteiger partial charge in [0.1, 0.15) is 0 Å². The summed E-state index contributed by atoms with van der Waals surface area (Å²) in [5.74, 6) is 1.84. The summed E-state index contributed by atoms with van der Waals surface area (Å²) >= 11 is 3.55. The zero-order valence-electron chi connectivity index (χ0n) is 12.4. The fourth-order valence-corrected chi connectivity index (χ4v) is 2.38. The van der Waals surface area contributed by atoms with Gasteiger partial charge < -0.3 is 19.9 Å². The smallest absolute Gasteiger partial charge is 0.161 e. The molecule has 1 unspecified atom stereocenters. The number of nitrogens with one attached hydrogen (secondary N) is 1. The first-order valence-corrected chi connectivity index (χ1v) is 7.63. The van der Waals surface area contributed by atoms with E-state index in [0.29, 0.717) is 5.92 Å². The lowest BCUT2D eigenvalue weighted by Crippen LogP contribution is -2.16. The van der Waals surface area contributed by atoms with Crippen LogP contribution in [0.25, 0.3) is 0 Å². The average Bonchev–Trinajstić information content (AvgIpc) is 2.47. The zero-order chi connectivity index (χ0) is 15.0. The molecule has 0 aliphatic rings. The topological polar surface area (TPSA) is 50.7 Å². The van der Waals surface area contributed by atoms with Gasteiger partial charge in [0.25, 0.3) is 0 Å². The fraction of sp³-hybridized carbons (Fsp3) is 0.600. The first-order chi connectivity index (χ1) is 9.62. The van der Waals surface area contributed by atoms with Gasteiger partial charge in [-0.25, -0.2) is 0 Å². The summed E-state index contributed by atoms with van der Waals surface area (Å²) in [6, 6.07) is 3.90. The molecular weight excluding hydrogens is 322 g/mol. The van der Waals surface area contributed by atoms with Crippen molar-refractivity contribution in [2.45, 2.75) is 26.3 Å². The molecule has 0 amide bonds. The second-order valence-electron chi connectivity index (χ2n) is 4.91. The number of ether oxygens (including phenoxy) is 2. The number of methoxy groups -OCH3 is 2. The van der Waals surface area contributed by atoms with Gasteiger partial charge in [-0.05, 0) is 43.0 Å². The van der Waals surface area contributed by atoms with E-state index >= 15 is 0 Å². The lowest BCUT2D eigenvalue weighted by molar-refractivity contribution is 0.228. The summed E-state index contributed by atoms with van der Waals surface area (Å²) in [4.78, 5) is 0. The number of aliphatic hydroxyl groups excluding tert-OH is 1. The Morgan fingerprint density at radius 2 is 1.90 bits per heavy atom. The minimum Gasteiger partial charge on any atom is -0.493 e. The lowest BCUT2D eigenvalue weighted by atomic mass is 10.1. The molecule has 0 radical (unpaired) electrons. The molecule has 1 rings (SSSR count). The van der Waals surface area contributed by atoms with Crippen LogP contribution in [0.3, 0.4) is 0 Å². The summed E-state index contributed by atoms with van der Waals surface area (Å²) in [7, 11) is 3.27. The highest BCUT2D eigenvalue weighted by Gasteiger charge is 2.09. The zero-order valence-corrected chi connectivity index (χ0v) is 14.0. The maximum atomic E-state index is 8.96. The molecule has 1 atom stereocenters. The molecular formula is C15H24BrNO3. The van der Waals surface area contributed by atoms with E-state index in [9.17, 15) is 0 Å². The predicted octanol–water partition coefficient (Wildman–Crippen LogP) is 2.96. The summed E-state index contributed by atoms with van der Waals surface area (Å²) in [6.45, 7) is 4.03. The van der Waals surface area contributed by atoms with Crippen molar-refractivity contribution in [3.63, 3.8) is 0 Å². The standard InChI is InChI=1S/C15H24BrNO3/c1-11(10-18)5-4-6-17-9-12-7-14(19-2)15(20-3)8-13(12)16/h7-8,11,17-18H,4-6,9-10H2,1-3H3. The maximum Gasteiger partial charge on any atom is 0.161 e. The van der Waals surface area contributed by atoms with Crippen molar-refractivity contribution in [2.24, 2.45) is 5.92 Å². The van der Waals surface area contributed by atoms with Gasteiger partial charge in [0.2, 0.25) is 0 Å². The second kappa shape index (κ2) is 9.21. The maximum absolute atomic E-state index is 8.96.